The Balaban J connectivity index is 1.51. The van der Waals surface area contributed by atoms with Crippen LogP contribution in [0.1, 0.15) is 24.5 Å². The number of nitrogens with zero attached hydrogens (tertiary/aromatic N) is 6. The third-order valence-corrected chi connectivity index (χ3v) is 6.19. The molecule has 1 saturated heterocycles. The van der Waals surface area contributed by atoms with Gasteiger partial charge in [0.2, 0.25) is 0 Å². The molecule has 0 atom stereocenters. The van der Waals surface area contributed by atoms with E-state index in [1.807, 2.05) is 38.3 Å². The van der Waals surface area contributed by atoms with Crippen LogP contribution in [0.5, 0.6) is 0 Å². The number of nitrogens with two attached hydrogens (primary N) is 2. The van der Waals surface area contributed by atoms with E-state index < -0.39 is 0 Å². The predicted molar refractivity (Wildman–Crippen MR) is 125 cm³/mol. The molecule has 32 heavy (non-hydrogen) atoms. The monoisotopic (exact) mass is 426 g/mol. The SMILES string of the molecule is Bc1c(C2CCN(C(N)=O)CC2)nc2c(-c3ccc(-c4cccnc4)nc3)cnn2c1N. The van der Waals surface area contributed by atoms with E-state index in [2.05, 4.69) is 15.1 Å². The van der Waals surface area contributed by atoms with Crippen LogP contribution in [0, 0.1) is 0 Å². The molecule has 5 heterocycles. The number of carbonyl (C=O) groups excluding carboxylic acids is 1. The molecular weight excluding hydrogens is 403 g/mol. The molecule has 0 spiro atoms. The number of carbonyl (C=O) groups is 1. The maximum absolute atomic E-state index is 11.5. The zero-order valence-electron chi connectivity index (χ0n) is 17.8. The Labute approximate surface area is 185 Å². The number of amides is 2. The number of anilines is 1. The number of aromatic nitrogens is 5. The van der Waals surface area contributed by atoms with Crippen molar-refractivity contribution in [1.82, 2.24) is 29.5 Å². The summed E-state index contributed by atoms with van der Waals surface area (Å²) >= 11 is 0. The van der Waals surface area contributed by atoms with Gasteiger partial charge in [-0.2, -0.15) is 9.61 Å². The van der Waals surface area contributed by atoms with E-state index in [0.29, 0.717) is 24.6 Å². The summed E-state index contributed by atoms with van der Waals surface area (Å²) in [5, 5.41) is 4.48. The van der Waals surface area contributed by atoms with E-state index in [1.165, 1.54) is 0 Å². The first-order valence-corrected chi connectivity index (χ1v) is 10.6. The first kappa shape index (κ1) is 20.0. The lowest BCUT2D eigenvalue weighted by atomic mass is 9.84. The van der Waals surface area contributed by atoms with Crippen molar-refractivity contribution in [1.29, 1.82) is 0 Å². The number of primary amides is 1. The third kappa shape index (κ3) is 3.43. The van der Waals surface area contributed by atoms with E-state index in [9.17, 15) is 4.79 Å². The van der Waals surface area contributed by atoms with E-state index in [0.717, 1.165) is 46.4 Å². The van der Waals surface area contributed by atoms with Gasteiger partial charge in [0.25, 0.3) is 0 Å². The lowest BCUT2D eigenvalue weighted by molar-refractivity contribution is 0.190. The molecule has 4 N–H and O–H groups in total. The molecule has 0 bridgehead atoms. The first-order valence-electron chi connectivity index (χ1n) is 10.6. The minimum Gasteiger partial charge on any atom is -0.384 e. The molecule has 1 fully saturated rings. The molecule has 0 aliphatic carbocycles. The summed E-state index contributed by atoms with van der Waals surface area (Å²) < 4.78 is 1.68. The van der Waals surface area contributed by atoms with Crippen LogP contribution in [0.3, 0.4) is 0 Å². The highest BCUT2D eigenvalue weighted by Crippen LogP contribution is 2.30. The first-order chi connectivity index (χ1) is 15.5. The second-order valence-corrected chi connectivity index (χ2v) is 8.07. The van der Waals surface area contributed by atoms with Gasteiger partial charge in [-0.1, -0.05) is 6.07 Å². The van der Waals surface area contributed by atoms with Crippen molar-refractivity contribution in [2.45, 2.75) is 18.8 Å². The van der Waals surface area contributed by atoms with Gasteiger partial charge in [0, 0.05) is 60.0 Å². The van der Waals surface area contributed by atoms with E-state index in [1.54, 1.807) is 28.0 Å². The molecule has 1 aliphatic heterocycles. The van der Waals surface area contributed by atoms with Crippen LogP contribution in [0.4, 0.5) is 10.6 Å². The van der Waals surface area contributed by atoms with Gasteiger partial charge in [-0.25, -0.2) is 9.78 Å². The third-order valence-electron chi connectivity index (χ3n) is 6.19. The van der Waals surface area contributed by atoms with Crippen molar-refractivity contribution in [2.24, 2.45) is 5.73 Å². The van der Waals surface area contributed by atoms with Crippen molar-refractivity contribution in [3.05, 3.63) is 54.7 Å². The molecule has 0 radical (unpaired) electrons. The number of pyridine rings is 2. The molecule has 9 nitrogen and oxygen atoms in total. The standard InChI is InChI=1S/C22H23BN8O/c23-18-19(13-5-8-30(9-6-13)22(25)32)29-21-16(12-28-31(21)20(18)24)14-3-4-17(27-11-14)15-2-1-7-26-10-15/h1-4,7,10-13H,5-6,8-9,23-24H2,(H2,25,32). The van der Waals surface area contributed by atoms with Crippen molar-refractivity contribution in [2.75, 3.05) is 18.8 Å². The van der Waals surface area contributed by atoms with Gasteiger partial charge < -0.3 is 16.4 Å². The highest BCUT2D eigenvalue weighted by Gasteiger charge is 2.26. The van der Waals surface area contributed by atoms with Gasteiger partial charge in [-0.05, 0) is 36.5 Å². The topological polar surface area (TPSA) is 128 Å². The van der Waals surface area contributed by atoms with Gasteiger partial charge >= 0.3 is 6.03 Å². The maximum Gasteiger partial charge on any atom is 0.314 e. The average Bonchev–Trinajstić information content (AvgIpc) is 3.26. The second kappa shape index (κ2) is 7.95. The van der Waals surface area contributed by atoms with Crippen LogP contribution >= 0.6 is 0 Å². The van der Waals surface area contributed by atoms with Crippen LogP contribution in [0.2, 0.25) is 0 Å². The number of nitrogen functional groups attached to an aromatic ring is 1. The summed E-state index contributed by atoms with van der Waals surface area (Å²) in [5.74, 6) is 0.792. The summed E-state index contributed by atoms with van der Waals surface area (Å²) in [6.45, 7) is 1.25. The fourth-order valence-electron chi connectivity index (χ4n) is 4.33. The van der Waals surface area contributed by atoms with E-state index >= 15 is 0 Å². The number of hydrogen-bond donors (Lipinski definition) is 2. The minimum atomic E-state index is -0.372. The summed E-state index contributed by atoms with van der Waals surface area (Å²) in [6, 6.07) is 7.47. The summed E-state index contributed by atoms with van der Waals surface area (Å²) in [7, 11) is 1.98. The van der Waals surface area contributed by atoms with Crippen LogP contribution in [-0.4, -0.2) is 56.4 Å². The van der Waals surface area contributed by atoms with Gasteiger partial charge in [0.05, 0.1) is 11.9 Å². The van der Waals surface area contributed by atoms with Crippen LogP contribution < -0.4 is 16.9 Å². The molecule has 0 unspecified atom stereocenters. The Kier molecular flexibility index (Phi) is 4.97. The molecular formula is C22H23BN8O. The van der Waals surface area contributed by atoms with Gasteiger partial charge in [0.15, 0.2) is 5.65 Å². The van der Waals surface area contributed by atoms with Gasteiger partial charge in [-0.3, -0.25) is 9.97 Å². The molecule has 0 saturated carbocycles. The van der Waals surface area contributed by atoms with Crippen molar-refractivity contribution >= 4 is 30.8 Å². The predicted octanol–water partition coefficient (Wildman–Crippen LogP) is 0.952. The van der Waals surface area contributed by atoms with Crippen molar-refractivity contribution in [3.63, 3.8) is 0 Å². The minimum absolute atomic E-state index is 0.215. The summed E-state index contributed by atoms with van der Waals surface area (Å²) in [5.41, 5.74) is 18.1. The summed E-state index contributed by atoms with van der Waals surface area (Å²) in [6.07, 6.45) is 8.73. The fourth-order valence-corrected chi connectivity index (χ4v) is 4.33. The normalized spacial score (nSPS) is 14.7. The lowest BCUT2D eigenvalue weighted by Crippen LogP contribution is -2.42. The van der Waals surface area contributed by atoms with Gasteiger partial charge in [-0.15, -0.1) is 0 Å². The van der Waals surface area contributed by atoms with E-state index in [4.69, 9.17) is 16.5 Å². The molecule has 1 aliphatic rings. The molecule has 5 rings (SSSR count). The van der Waals surface area contributed by atoms with Crippen LogP contribution in [-0.2, 0) is 0 Å². The Hall–Kier alpha value is -3.95. The van der Waals surface area contributed by atoms with E-state index in [-0.39, 0.29) is 11.9 Å². The largest absolute Gasteiger partial charge is 0.384 e. The number of urea groups is 1. The highest BCUT2D eigenvalue weighted by molar-refractivity contribution is 6.36. The number of hydrogen-bond acceptors (Lipinski definition) is 6. The average molecular weight is 426 g/mol. The number of fused-ring (bicyclic) bond motifs is 1. The van der Waals surface area contributed by atoms with Crippen LogP contribution in [0.15, 0.2) is 49.1 Å². The Morgan fingerprint density at radius 3 is 2.56 bits per heavy atom. The van der Waals surface area contributed by atoms with Crippen LogP contribution in [0.25, 0.3) is 28.0 Å². The zero-order valence-corrected chi connectivity index (χ0v) is 17.8. The molecule has 0 aromatic carbocycles. The maximum atomic E-state index is 11.5. The van der Waals surface area contributed by atoms with Crippen molar-refractivity contribution < 1.29 is 4.79 Å². The Bertz CT molecular complexity index is 1280. The number of rotatable bonds is 3. The fraction of sp³-hybridized carbons (Fsp3) is 0.227. The second-order valence-electron chi connectivity index (χ2n) is 8.07. The van der Waals surface area contributed by atoms with Gasteiger partial charge in [0.1, 0.15) is 13.7 Å². The zero-order chi connectivity index (χ0) is 22.2. The Morgan fingerprint density at radius 2 is 1.91 bits per heavy atom. The highest BCUT2D eigenvalue weighted by atomic mass is 16.2. The lowest BCUT2D eigenvalue weighted by Gasteiger charge is -2.31. The molecule has 4 aromatic rings. The molecule has 2 amide bonds. The number of likely N-dealkylation sites (tertiary alicyclic amines) is 1. The molecule has 160 valence electrons. The summed E-state index contributed by atoms with van der Waals surface area (Å²) in [4.78, 5) is 26.9. The molecule has 10 heteroatoms. The van der Waals surface area contributed by atoms with Crippen molar-refractivity contribution in [3.8, 4) is 22.4 Å². The Morgan fingerprint density at radius 1 is 1.09 bits per heavy atom. The smallest absolute Gasteiger partial charge is 0.314 e. The molecule has 4 aromatic heterocycles. The number of piperidine rings is 1. The quantitative estimate of drug-likeness (QED) is 0.470.